The summed E-state index contributed by atoms with van der Waals surface area (Å²) in [4.78, 5) is 1.17. The van der Waals surface area contributed by atoms with Crippen molar-refractivity contribution < 1.29 is 4.39 Å². The van der Waals surface area contributed by atoms with Crippen LogP contribution in [0.1, 0.15) is 11.6 Å². The van der Waals surface area contributed by atoms with Gasteiger partial charge in [0, 0.05) is 4.90 Å². The summed E-state index contributed by atoms with van der Waals surface area (Å²) in [6, 6.07) is 7.18. The highest BCUT2D eigenvalue weighted by molar-refractivity contribution is 7.98. The Hall–Kier alpha value is -0.540. The van der Waals surface area contributed by atoms with Crippen molar-refractivity contribution in [2.24, 2.45) is 5.73 Å². The van der Waals surface area contributed by atoms with Crippen LogP contribution in [0.5, 0.6) is 0 Å². The minimum atomic E-state index is -0.501. The van der Waals surface area contributed by atoms with E-state index in [0.717, 1.165) is 5.56 Å². The van der Waals surface area contributed by atoms with E-state index in [4.69, 9.17) is 5.73 Å². The summed E-state index contributed by atoms with van der Waals surface area (Å²) in [6.45, 7) is -0.501. The van der Waals surface area contributed by atoms with E-state index in [1.54, 1.807) is 11.8 Å². The molecule has 12 heavy (non-hydrogen) atoms. The van der Waals surface area contributed by atoms with E-state index < -0.39 is 12.7 Å². The van der Waals surface area contributed by atoms with E-state index in [9.17, 15) is 4.39 Å². The zero-order valence-corrected chi connectivity index (χ0v) is 7.77. The van der Waals surface area contributed by atoms with Crippen LogP contribution < -0.4 is 5.73 Å². The molecule has 1 atom stereocenters. The van der Waals surface area contributed by atoms with Crippen LogP contribution in [0.3, 0.4) is 0 Å². The number of hydrogen-bond acceptors (Lipinski definition) is 2. The van der Waals surface area contributed by atoms with Gasteiger partial charge in [-0.3, -0.25) is 0 Å². The van der Waals surface area contributed by atoms with E-state index in [1.165, 1.54) is 4.90 Å². The lowest BCUT2D eigenvalue weighted by Crippen LogP contribution is -2.11. The van der Waals surface area contributed by atoms with Gasteiger partial charge in [0.15, 0.2) is 0 Å². The number of benzene rings is 1. The quantitative estimate of drug-likeness (QED) is 0.732. The minimum absolute atomic E-state index is 0.471. The Morgan fingerprint density at radius 2 is 2.00 bits per heavy atom. The molecule has 0 aromatic heterocycles. The number of thioether (sulfide) groups is 1. The van der Waals surface area contributed by atoms with E-state index >= 15 is 0 Å². The van der Waals surface area contributed by atoms with Crippen LogP contribution in [0, 0.1) is 0 Å². The Balaban J connectivity index is 2.77. The number of rotatable bonds is 3. The Morgan fingerprint density at radius 3 is 2.42 bits per heavy atom. The molecule has 1 aromatic rings. The van der Waals surface area contributed by atoms with Crippen LogP contribution in [-0.2, 0) is 0 Å². The molecule has 3 heteroatoms. The first-order valence-corrected chi connectivity index (χ1v) is 4.96. The second-order valence-electron chi connectivity index (χ2n) is 2.53. The fraction of sp³-hybridized carbons (Fsp3) is 0.333. The molecule has 0 aliphatic heterocycles. The topological polar surface area (TPSA) is 26.0 Å². The monoisotopic (exact) mass is 185 g/mol. The maximum absolute atomic E-state index is 12.1. The van der Waals surface area contributed by atoms with E-state index in [1.807, 2.05) is 30.5 Å². The van der Waals surface area contributed by atoms with Crippen molar-refractivity contribution in [1.29, 1.82) is 0 Å². The lowest BCUT2D eigenvalue weighted by molar-refractivity contribution is 0.437. The van der Waals surface area contributed by atoms with Gasteiger partial charge in [0.1, 0.15) is 6.67 Å². The zero-order chi connectivity index (χ0) is 8.97. The van der Waals surface area contributed by atoms with Crippen LogP contribution in [0.4, 0.5) is 4.39 Å². The predicted octanol–water partition coefficient (Wildman–Crippen LogP) is 2.38. The molecule has 1 nitrogen and oxygen atoms in total. The molecule has 0 amide bonds. The molecule has 0 saturated heterocycles. The van der Waals surface area contributed by atoms with E-state index in [0.29, 0.717) is 0 Å². The first-order chi connectivity index (χ1) is 5.77. The third kappa shape index (κ3) is 2.22. The first-order valence-electron chi connectivity index (χ1n) is 3.73. The van der Waals surface area contributed by atoms with Crippen LogP contribution in [0.25, 0.3) is 0 Å². The van der Waals surface area contributed by atoms with Gasteiger partial charge >= 0.3 is 0 Å². The van der Waals surface area contributed by atoms with Gasteiger partial charge in [0.25, 0.3) is 0 Å². The summed E-state index contributed by atoms with van der Waals surface area (Å²) in [5.41, 5.74) is 6.36. The Morgan fingerprint density at radius 1 is 1.42 bits per heavy atom. The third-order valence-electron chi connectivity index (χ3n) is 1.71. The van der Waals surface area contributed by atoms with Crippen molar-refractivity contribution in [3.8, 4) is 0 Å². The normalized spacial score (nSPS) is 12.9. The second-order valence-corrected chi connectivity index (χ2v) is 3.41. The summed E-state index contributed by atoms with van der Waals surface area (Å²) in [5, 5.41) is 0. The minimum Gasteiger partial charge on any atom is -0.322 e. The molecule has 1 rings (SSSR count). The van der Waals surface area contributed by atoms with Gasteiger partial charge < -0.3 is 5.73 Å². The van der Waals surface area contributed by atoms with Crippen molar-refractivity contribution in [2.75, 3.05) is 12.9 Å². The number of halogens is 1. The van der Waals surface area contributed by atoms with Crippen molar-refractivity contribution in [1.82, 2.24) is 0 Å². The Bertz CT molecular complexity index is 235. The van der Waals surface area contributed by atoms with Crippen molar-refractivity contribution >= 4 is 11.8 Å². The molecule has 0 bridgehead atoms. The van der Waals surface area contributed by atoms with Gasteiger partial charge in [-0.05, 0) is 24.0 Å². The third-order valence-corrected chi connectivity index (χ3v) is 2.45. The van der Waals surface area contributed by atoms with E-state index in [-0.39, 0.29) is 0 Å². The van der Waals surface area contributed by atoms with Crippen LogP contribution in [-0.4, -0.2) is 12.9 Å². The zero-order valence-electron chi connectivity index (χ0n) is 6.96. The van der Waals surface area contributed by atoms with Crippen molar-refractivity contribution in [3.63, 3.8) is 0 Å². The molecule has 2 N–H and O–H groups in total. The van der Waals surface area contributed by atoms with Gasteiger partial charge in [0.2, 0.25) is 0 Å². The molecule has 0 heterocycles. The Labute approximate surface area is 76.2 Å². The molecule has 0 spiro atoms. The van der Waals surface area contributed by atoms with Gasteiger partial charge in [-0.1, -0.05) is 12.1 Å². The molecular formula is C9H12FNS. The lowest BCUT2D eigenvalue weighted by atomic mass is 10.1. The van der Waals surface area contributed by atoms with Gasteiger partial charge in [-0.25, -0.2) is 4.39 Å². The number of nitrogens with two attached hydrogens (primary N) is 1. The SMILES string of the molecule is CSc1ccc([C@@H](N)CF)cc1. The molecule has 0 fully saturated rings. The summed E-state index contributed by atoms with van der Waals surface area (Å²) < 4.78 is 12.1. The lowest BCUT2D eigenvalue weighted by Gasteiger charge is -2.06. The predicted molar refractivity (Wildman–Crippen MR) is 51.1 cm³/mol. The molecular weight excluding hydrogens is 173 g/mol. The maximum atomic E-state index is 12.1. The highest BCUT2D eigenvalue weighted by Crippen LogP contribution is 2.17. The van der Waals surface area contributed by atoms with E-state index in [2.05, 4.69) is 0 Å². The number of alkyl halides is 1. The molecule has 0 aliphatic carbocycles. The van der Waals surface area contributed by atoms with Gasteiger partial charge in [0.05, 0.1) is 6.04 Å². The Kier molecular flexibility index (Phi) is 3.56. The van der Waals surface area contributed by atoms with Gasteiger partial charge in [-0.2, -0.15) is 0 Å². The molecule has 0 unspecified atom stereocenters. The number of hydrogen-bond donors (Lipinski definition) is 1. The highest BCUT2D eigenvalue weighted by Gasteiger charge is 2.03. The maximum Gasteiger partial charge on any atom is 0.109 e. The summed E-state index contributed by atoms with van der Waals surface area (Å²) in [5.74, 6) is 0. The molecule has 66 valence electrons. The molecule has 1 aromatic carbocycles. The van der Waals surface area contributed by atoms with Crippen LogP contribution >= 0.6 is 11.8 Å². The van der Waals surface area contributed by atoms with Crippen molar-refractivity contribution in [2.45, 2.75) is 10.9 Å². The fourth-order valence-electron chi connectivity index (χ4n) is 0.940. The van der Waals surface area contributed by atoms with Gasteiger partial charge in [-0.15, -0.1) is 11.8 Å². The fourth-order valence-corrected chi connectivity index (χ4v) is 1.35. The summed E-state index contributed by atoms with van der Waals surface area (Å²) >= 11 is 1.66. The molecule has 0 saturated carbocycles. The van der Waals surface area contributed by atoms with Crippen LogP contribution in [0.2, 0.25) is 0 Å². The molecule has 0 radical (unpaired) electrons. The average Bonchev–Trinajstić information content (AvgIpc) is 2.17. The van der Waals surface area contributed by atoms with Crippen LogP contribution in [0.15, 0.2) is 29.2 Å². The average molecular weight is 185 g/mol. The highest BCUT2D eigenvalue weighted by atomic mass is 32.2. The van der Waals surface area contributed by atoms with Crippen molar-refractivity contribution in [3.05, 3.63) is 29.8 Å². The summed E-state index contributed by atoms with van der Waals surface area (Å²) in [6.07, 6.45) is 2.00. The first kappa shape index (κ1) is 9.55. The molecule has 0 aliphatic rings. The smallest absolute Gasteiger partial charge is 0.109 e. The largest absolute Gasteiger partial charge is 0.322 e. The summed E-state index contributed by atoms with van der Waals surface area (Å²) in [7, 11) is 0. The standard InChI is InChI=1S/C9H12FNS/c1-12-8-4-2-7(3-5-8)9(11)6-10/h2-5,9H,6,11H2,1H3/t9-/m0/s1. The second kappa shape index (κ2) is 4.48.